The van der Waals surface area contributed by atoms with Gasteiger partial charge in [-0.3, -0.25) is 4.79 Å². The van der Waals surface area contributed by atoms with Crippen molar-refractivity contribution in [1.29, 1.82) is 0 Å². The van der Waals surface area contributed by atoms with Crippen LogP contribution in [0.3, 0.4) is 0 Å². The van der Waals surface area contributed by atoms with E-state index in [1.807, 2.05) is 30.3 Å². The molecule has 2 aromatic carbocycles. The van der Waals surface area contributed by atoms with Gasteiger partial charge in [0, 0.05) is 12.0 Å². The zero-order valence-corrected chi connectivity index (χ0v) is 14.7. The van der Waals surface area contributed by atoms with Crippen LogP contribution in [0.25, 0.3) is 0 Å². The van der Waals surface area contributed by atoms with Crippen LogP contribution >= 0.6 is 0 Å². The minimum atomic E-state index is -0.761. The maximum absolute atomic E-state index is 12.4. The van der Waals surface area contributed by atoms with Crippen molar-refractivity contribution in [3.63, 3.8) is 0 Å². The molecule has 1 amide bonds. The van der Waals surface area contributed by atoms with E-state index in [0.717, 1.165) is 11.3 Å². The molecule has 0 radical (unpaired) electrons. The highest BCUT2D eigenvalue weighted by Gasteiger charge is 2.24. The van der Waals surface area contributed by atoms with Gasteiger partial charge in [0.25, 0.3) is 5.91 Å². The Balaban J connectivity index is 2.14. The van der Waals surface area contributed by atoms with Crippen molar-refractivity contribution >= 4 is 11.9 Å². The molecule has 0 aromatic heterocycles. The lowest BCUT2D eigenvalue weighted by Crippen LogP contribution is -2.44. The van der Waals surface area contributed by atoms with Gasteiger partial charge in [-0.05, 0) is 43.7 Å². The van der Waals surface area contributed by atoms with Crippen LogP contribution in [-0.2, 0) is 16.0 Å². The van der Waals surface area contributed by atoms with Gasteiger partial charge in [0.1, 0.15) is 11.8 Å². The van der Waals surface area contributed by atoms with Crippen molar-refractivity contribution in [3.8, 4) is 5.75 Å². The Hall–Kier alpha value is -2.82. The summed E-state index contributed by atoms with van der Waals surface area (Å²) in [7, 11) is 1.60. The molecule has 0 fully saturated rings. The van der Waals surface area contributed by atoms with Crippen molar-refractivity contribution < 1.29 is 19.1 Å². The number of hydrogen-bond donors (Lipinski definition) is 1. The summed E-state index contributed by atoms with van der Waals surface area (Å²) in [4.78, 5) is 24.8. The molecule has 0 saturated heterocycles. The maximum atomic E-state index is 12.4. The number of rotatable bonds is 7. The number of carbonyl (C=O) groups excluding carboxylic acids is 2. The first kappa shape index (κ1) is 18.5. The standard InChI is InChI=1S/C20H23NO4/c1-14(2)25-20(23)18(13-15-9-11-17(24-3)12-10-15)21-19(22)16-7-5-4-6-8-16/h4-12,14,18H,13H2,1-3H3,(H,21,22)/t18-/m1/s1. The predicted molar refractivity (Wildman–Crippen MR) is 95.6 cm³/mol. The topological polar surface area (TPSA) is 64.6 Å². The van der Waals surface area contributed by atoms with Crippen LogP contribution in [-0.4, -0.2) is 31.1 Å². The van der Waals surface area contributed by atoms with Crippen molar-refractivity contribution in [1.82, 2.24) is 5.32 Å². The van der Waals surface area contributed by atoms with Gasteiger partial charge in [-0.15, -0.1) is 0 Å². The second-order valence-electron chi connectivity index (χ2n) is 5.93. The first-order chi connectivity index (χ1) is 12.0. The predicted octanol–water partition coefficient (Wildman–Crippen LogP) is 2.99. The average molecular weight is 341 g/mol. The Kier molecular flexibility index (Phi) is 6.57. The summed E-state index contributed by atoms with van der Waals surface area (Å²) in [5, 5.41) is 2.77. The average Bonchev–Trinajstić information content (AvgIpc) is 2.62. The van der Waals surface area contributed by atoms with Crippen LogP contribution in [0.5, 0.6) is 5.75 Å². The molecule has 5 nitrogen and oxygen atoms in total. The van der Waals surface area contributed by atoms with Crippen molar-refractivity contribution in [2.45, 2.75) is 32.4 Å². The molecule has 1 atom stereocenters. The molecule has 132 valence electrons. The van der Waals surface area contributed by atoms with E-state index in [-0.39, 0.29) is 12.0 Å². The Morgan fingerprint density at radius 1 is 1.00 bits per heavy atom. The second kappa shape index (κ2) is 8.87. The summed E-state index contributed by atoms with van der Waals surface area (Å²) in [6, 6.07) is 15.4. The van der Waals surface area contributed by atoms with Crippen molar-refractivity contribution in [3.05, 3.63) is 65.7 Å². The van der Waals surface area contributed by atoms with E-state index in [9.17, 15) is 9.59 Å². The largest absolute Gasteiger partial charge is 0.497 e. The highest BCUT2D eigenvalue weighted by Crippen LogP contribution is 2.14. The molecule has 2 rings (SSSR count). The summed E-state index contributed by atoms with van der Waals surface area (Å²) in [5.74, 6) is -0.0201. The summed E-state index contributed by atoms with van der Waals surface area (Å²) >= 11 is 0. The fourth-order valence-electron chi connectivity index (χ4n) is 2.34. The van der Waals surface area contributed by atoms with Gasteiger partial charge in [-0.25, -0.2) is 4.79 Å². The Morgan fingerprint density at radius 2 is 1.64 bits per heavy atom. The minimum Gasteiger partial charge on any atom is -0.497 e. The molecule has 0 spiro atoms. The lowest BCUT2D eigenvalue weighted by Gasteiger charge is -2.19. The minimum absolute atomic E-state index is 0.250. The van der Waals surface area contributed by atoms with E-state index in [2.05, 4.69) is 5.32 Å². The van der Waals surface area contributed by atoms with Crippen LogP contribution in [0.1, 0.15) is 29.8 Å². The highest BCUT2D eigenvalue weighted by atomic mass is 16.5. The number of hydrogen-bond acceptors (Lipinski definition) is 4. The first-order valence-electron chi connectivity index (χ1n) is 8.19. The number of esters is 1. The molecule has 0 aliphatic heterocycles. The summed E-state index contributed by atoms with van der Waals surface area (Å²) in [6.45, 7) is 3.56. The Bertz CT molecular complexity index is 695. The molecule has 0 unspecified atom stereocenters. The van der Waals surface area contributed by atoms with Gasteiger partial charge >= 0.3 is 5.97 Å². The highest BCUT2D eigenvalue weighted by molar-refractivity contribution is 5.96. The zero-order valence-electron chi connectivity index (χ0n) is 14.7. The number of amides is 1. The van der Waals surface area contributed by atoms with Gasteiger partial charge in [0.15, 0.2) is 0 Å². The van der Waals surface area contributed by atoms with Crippen LogP contribution in [0.2, 0.25) is 0 Å². The Morgan fingerprint density at radius 3 is 2.20 bits per heavy atom. The quantitative estimate of drug-likeness (QED) is 0.786. The molecule has 0 aliphatic rings. The van der Waals surface area contributed by atoms with E-state index in [1.165, 1.54) is 0 Å². The number of nitrogens with one attached hydrogen (secondary N) is 1. The Labute approximate surface area is 148 Å². The number of carbonyl (C=O) groups is 2. The molecule has 0 bridgehead atoms. The molecule has 0 saturated carbocycles. The van der Waals surface area contributed by atoms with Crippen LogP contribution in [0, 0.1) is 0 Å². The SMILES string of the molecule is COc1ccc(C[C@@H](NC(=O)c2ccccc2)C(=O)OC(C)C)cc1. The third-order valence-electron chi connectivity index (χ3n) is 3.58. The smallest absolute Gasteiger partial charge is 0.329 e. The van der Waals surface area contributed by atoms with Gasteiger partial charge < -0.3 is 14.8 Å². The number of benzene rings is 2. The molecule has 0 aliphatic carbocycles. The van der Waals surface area contributed by atoms with Crippen LogP contribution < -0.4 is 10.1 Å². The molecule has 0 heterocycles. The van der Waals surface area contributed by atoms with E-state index in [1.54, 1.807) is 45.2 Å². The third kappa shape index (κ3) is 5.64. The fourth-order valence-corrected chi connectivity index (χ4v) is 2.34. The zero-order chi connectivity index (χ0) is 18.2. The number of methoxy groups -OCH3 is 1. The second-order valence-corrected chi connectivity index (χ2v) is 5.93. The van der Waals surface area contributed by atoms with Gasteiger partial charge in [0.05, 0.1) is 13.2 Å². The third-order valence-corrected chi connectivity index (χ3v) is 3.58. The van der Waals surface area contributed by atoms with Gasteiger partial charge in [0.2, 0.25) is 0 Å². The monoisotopic (exact) mass is 341 g/mol. The maximum Gasteiger partial charge on any atom is 0.329 e. The first-order valence-corrected chi connectivity index (χ1v) is 8.19. The molecular formula is C20H23NO4. The van der Waals surface area contributed by atoms with E-state index < -0.39 is 12.0 Å². The van der Waals surface area contributed by atoms with E-state index in [0.29, 0.717) is 12.0 Å². The van der Waals surface area contributed by atoms with Crippen molar-refractivity contribution in [2.24, 2.45) is 0 Å². The van der Waals surface area contributed by atoms with E-state index >= 15 is 0 Å². The molecule has 25 heavy (non-hydrogen) atoms. The van der Waals surface area contributed by atoms with Crippen LogP contribution in [0.15, 0.2) is 54.6 Å². The summed E-state index contributed by atoms with van der Waals surface area (Å²) in [5.41, 5.74) is 1.40. The lowest BCUT2D eigenvalue weighted by atomic mass is 10.0. The molecule has 5 heteroatoms. The van der Waals surface area contributed by atoms with E-state index in [4.69, 9.17) is 9.47 Å². The van der Waals surface area contributed by atoms with Gasteiger partial charge in [-0.2, -0.15) is 0 Å². The lowest BCUT2D eigenvalue weighted by molar-refractivity contribution is -0.149. The fraction of sp³-hybridized carbons (Fsp3) is 0.300. The van der Waals surface area contributed by atoms with Crippen LogP contribution in [0.4, 0.5) is 0 Å². The summed E-state index contributed by atoms with van der Waals surface area (Å²) in [6.07, 6.45) is 0.0909. The molecular weight excluding hydrogens is 318 g/mol. The van der Waals surface area contributed by atoms with Crippen molar-refractivity contribution in [2.75, 3.05) is 7.11 Å². The molecule has 2 aromatic rings. The summed E-state index contributed by atoms with van der Waals surface area (Å²) < 4.78 is 10.4. The normalized spacial score (nSPS) is 11.7. The molecule has 1 N–H and O–H groups in total. The van der Waals surface area contributed by atoms with Gasteiger partial charge in [-0.1, -0.05) is 30.3 Å². The number of ether oxygens (including phenoxy) is 2.